The van der Waals surface area contributed by atoms with E-state index >= 15 is 0 Å². The Hall–Kier alpha value is -3.90. The van der Waals surface area contributed by atoms with Crippen molar-refractivity contribution in [2.75, 3.05) is 19.6 Å². The van der Waals surface area contributed by atoms with Crippen LogP contribution in [0.3, 0.4) is 0 Å². The first-order chi connectivity index (χ1) is 18.7. The van der Waals surface area contributed by atoms with Gasteiger partial charge in [-0.15, -0.1) is 0 Å². The number of carbonyl (C=O) groups is 1. The van der Waals surface area contributed by atoms with Crippen LogP contribution in [-0.4, -0.2) is 55.8 Å². The molecule has 0 saturated carbocycles. The average molecular weight is 544 g/mol. The molecule has 1 aliphatic heterocycles. The number of aromatic nitrogens is 4. The van der Waals surface area contributed by atoms with E-state index in [2.05, 4.69) is 20.1 Å². The molecule has 2 atom stereocenters. The number of aliphatic hydroxyl groups is 1. The standard InChI is InChI=1S/C27H25F4N5O3/c28-20-7-9-21(10-8-20)36-15-22(24(33-36)27(29,30)31)26-32-25(34-39-26)19-5-3-18(4-6-19)23(38)16-35-12-1-2-17(14-35)11-13-37/h3-10,13,15,17,23,38H,1-2,11-12,14,16H2/t17-,23-/m1/s1. The molecule has 2 aromatic heterocycles. The van der Waals surface area contributed by atoms with Crippen LogP contribution in [0.15, 0.2) is 59.3 Å². The van der Waals surface area contributed by atoms with Gasteiger partial charge in [0.25, 0.3) is 5.89 Å². The molecule has 1 aliphatic rings. The van der Waals surface area contributed by atoms with Crippen molar-refractivity contribution in [3.63, 3.8) is 0 Å². The number of aldehydes is 1. The highest BCUT2D eigenvalue weighted by Gasteiger charge is 2.39. The molecule has 8 nitrogen and oxygen atoms in total. The molecule has 4 aromatic rings. The third kappa shape index (κ3) is 6.07. The van der Waals surface area contributed by atoms with Gasteiger partial charge >= 0.3 is 6.18 Å². The maximum Gasteiger partial charge on any atom is 0.435 e. The summed E-state index contributed by atoms with van der Waals surface area (Å²) in [5.41, 5.74) is -0.240. The first kappa shape index (κ1) is 26.7. The van der Waals surface area contributed by atoms with Crippen LogP contribution in [0.5, 0.6) is 0 Å². The van der Waals surface area contributed by atoms with Gasteiger partial charge in [-0.1, -0.05) is 29.4 Å². The fraction of sp³-hybridized carbons (Fsp3) is 0.333. The van der Waals surface area contributed by atoms with Gasteiger partial charge < -0.3 is 19.3 Å². The normalized spacial score (nSPS) is 17.3. The van der Waals surface area contributed by atoms with Crippen molar-refractivity contribution in [2.45, 2.75) is 31.5 Å². The van der Waals surface area contributed by atoms with Crippen LogP contribution in [-0.2, 0) is 11.0 Å². The Kier molecular flexibility index (Phi) is 7.58. The molecular formula is C27H25F4N5O3. The summed E-state index contributed by atoms with van der Waals surface area (Å²) < 4.78 is 60.6. The smallest absolute Gasteiger partial charge is 0.387 e. The molecule has 204 valence electrons. The third-order valence-corrected chi connectivity index (χ3v) is 6.75. The summed E-state index contributed by atoms with van der Waals surface area (Å²) in [6, 6.07) is 11.6. The molecule has 0 radical (unpaired) electrons. The number of hydrogen-bond acceptors (Lipinski definition) is 7. The average Bonchev–Trinajstić information content (AvgIpc) is 3.58. The molecule has 0 spiro atoms. The lowest BCUT2D eigenvalue weighted by molar-refractivity contribution is -0.141. The summed E-state index contributed by atoms with van der Waals surface area (Å²) in [6.07, 6.45) is -1.00. The van der Waals surface area contributed by atoms with E-state index in [1.54, 1.807) is 24.3 Å². The fourth-order valence-corrected chi connectivity index (χ4v) is 4.77. The van der Waals surface area contributed by atoms with Crippen molar-refractivity contribution in [1.82, 2.24) is 24.8 Å². The van der Waals surface area contributed by atoms with E-state index in [9.17, 15) is 27.5 Å². The molecule has 5 rings (SSSR count). The Balaban J connectivity index is 1.33. The molecule has 2 aromatic carbocycles. The van der Waals surface area contributed by atoms with Crippen molar-refractivity contribution in [1.29, 1.82) is 0 Å². The van der Waals surface area contributed by atoms with Crippen LogP contribution in [0.25, 0.3) is 28.5 Å². The van der Waals surface area contributed by atoms with E-state index in [-0.39, 0.29) is 17.4 Å². The number of alkyl halides is 3. The van der Waals surface area contributed by atoms with E-state index in [1.165, 1.54) is 12.1 Å². The maximum absolute atomic E-state index is 13.7. The molecule has 3 heterocycles. The number of aliphatic hydroxyl groups excluding tert-OH is 1. The molecular weight excluding hydrogens is 518 g/mol. The van der Waals surface area contributed by atoms with Crippen molar-refractivity contribution in [3.05, 3.63) is 71.8 Å². The Morgan fingerprint density at radius 2 is 1.87 bits per heavy atom. The molecule has 0 bridgehead atoms. The lowest BCUT2D eigenvalue weighted by Crippen LogP contribution is -2.38. The zero-order valence-electron chi connectivity index (χ0n) is 20.7. The maximum atomic E-state index is 13.7. The van der Waals surface area contributed by atoms with Gasteiger partial charge in [0.2, 0.25) is 5.82 Å². The molecule has 12 heteroatoms. The van der Waals surface area contributed by atoms with Gasteiger partial charge in [-0.25, -0.2) is 9.07 Å². The highest BCUT2D eigenvalue weighted by molar-refractivity contribution is 5.62. The van der Waals surface area contributed by atoms with Crippen LogP contribution >= 0.6 is 0 Å². The SMILES string of the molecule is O=CC[C@H]1CCCN(C[C@@H](O)c2ccc(-c3noc(-c4cn(-c5ccc(F)cc5)nc4C(F)(F)F)n3)cc2)C1. The van der Waals surface area contributed by atoms with Crippen LogP contribution in [0.2, 0.25) is 0 Å². The van der Waals surface area contributed by atoms with E-state index in [0.717, 1.165) is 55.2 Å². The number of benzene rings is 2. The van der Waals surface area contributed by atoms with E-state index in [1.807, 2.05) is 0 Å². The van der Waals surface area contributed by atoms with Gasteiger partial charge in [-0.2, -0.15) is 23.3 Å². The summed E-state index contributed by atoms with van der Waals surface area (Å²) in [7, 11) is 0. The van der Waals surface area contributed by atoms with Crippen LogP contribution in [0.4, 0.5) is 17.6 Å². The Morgan fingerprint density at radius 1 is 1.13 bits per heavy atom. The third-order valence-electron chi connectivity index (χ3n) is 6.75. The van der Waals surface area contributed by atoms with Crippen LogP contribution < -0.4 is 0 Å². The topological polar surface area (TPSA) is 97.3 Å². The zero-order chi connectivity index (χ0) is 27.6. The summed E-state index contributed by atoms with van der Waals surface area (Å²) >= 11 is 0. The van der Waals surface area contributed by atoms with Crippen molar-refractivity contribution in [3.8, 4) is 28.5 Å². The van der Waals surface area contributed by atoms with Crippen LogP contribution in [0.1, 0.15) is 36.6 Å². The van der Waals surface area contributed by atoms with Crippen LogP contribution in [0, 0.1) is 11.7 Å². The van der Waals surface area contributed by atoms with Crippen molar-refractivity contribution >= 4 is 6.29 Å². The second kappa shape index (κ2) is 11.1. The fourth-order valence-electron chi connectivity index (χ4n) is 4.77. The number of carbonyl (C=O) groups excluding carboxylic acids is 1. The Morgan fingerprint density at radius 3 is 2.56 bits per heavy atom. The Labute approximate surface area is 220 Å². The van der Waals surface area contributed by atoms with E-state index in [0.29, 0.717) is 30.0 Å². The molecule has 1 saturated heterocycles. The van der Waals surface area contributed by atoms with E-state index in [4.69, 9.17) is 4.52 Å². The van der Waals surface area contributed by atoms with Gasteiger partial charge in [0.1, 0.15) is 12.1 Å². The Bertz CT molecular complexity index is 1420. The predicted molar refractivity (Wildman–Crippen MR) is 132 cm³/mol. The summed E-state index contributed by atoms with van der Waals surface area (Å²) in [5.74, 6) is -0.526. The largest absolute Gasteiger partial charge is 0.435 e. The minimum Gasteiger partial charge on any atom is -0.387 e. The number of β-amino-alcohol motifs (C(OH)–C–C–N with tert-alkyl or cyclic N) is 1. The van der Waals surface area contributed by atoms with Gasteiger partial charge in [-0.3, -0.25) is 0 Å². The monoisotopic (exact) mass is 543 g/mol. The first-order valence-corrected chi connectivity index (χ1v) is 12.4. The lowest BCUT2D eigenvalue weighted by atomic mass is 9.95. The molecule has 39 heavy (non-hydrogen) atoms. The number of nitrogens with zero attached hydrogens (tertiary/aromatic N) is 5. The second-order valence-corrected chi connectivity index (χ2v) is 9.54. The van der Waals surface area contributed by atoms with E-state index < -0.39 is 29.4 Å². The minimum absolute atomic E-state index is 0.0708. The summed E-state index contributed by atoms with van der Waals surface area (Å²) in [4.78, 5) is 17.1. The quantitative estimate of drug-likeness (QED) is 0.245. The van der Waals surface area contributed by atoms with Crippen molar-refractivity contribution in [2.24, 2.45) is 5.92 Å². The summed E-state index contributed by atoms with van der Waals surface area (Å²) in [5, 5.41) is 18.2. The van der Waals surface area contributed by atoms with Gasteiger partial charge in [-0.05, 0) is 55.1 Å². The molecule has 0 unspecified atom stereocenters. The van der Waals surface area contributed by atoms with Gasteiger partial charge in [0.15, 0.2) is 5.69 Å². The predicted octanol–water partition coefficient (Wildman–Crippen LogP) is 5.08. The number of piperidine rings is 1. The zero-order valence-corrected chi connectivity index (χ0v) is 20.7. The second-order valence-electron chi connectivity index (χ2n) is 9.54. The highest BCUT2D eigenvalue weighted by Crippen LogP contribution is 2.37. The molecule has 0 amide bonds. The summed E-state index contributed by atoms with van der Waals surface area (Å²) in [6.45, 7) is 2.05. The number of likely N-dealkylation sites (tertiary alicyclic amines) is 1. The number of hydrogen-bond donors (Lipinski definition) is 1. The molecule has 1 N–H and O–H groups in total. The lowest BCUT2D eigenvalue weighted by Gasteiger charge is -2.33. The molecule has 1 fully saturated rings. The van der Waals surface area contributed by atoms with Crippen molar-refractivity contribution < 1.29 is 32.0 Å². The first-order valence-electron chi connectivity index (χ1n) is 12.4. The number of halogens is 4. The highest BCUT2D eigenvalue weighted by atomic mass is 19.4. The molecule has 0 aliphatic carbocycles. The minimum atomic E-state index is -4.80. The van der Waals surface area contributed by atoms with Gasteiger partial charge in [0.05, 0.1) is 17.4 Å². The number of rotatable bonds is 8. The van der Waals surface area contributed by atoms with Gasteiger partial charge in [0, 0.05) is 31.3 Å².